The van der Waals surface area contributed by atoms with Crippen molar-refractivity contribution in [3.8, 4) is 16.9 Å². The van der Waals surface area contributed by atoms with Gasteiger partial charge in [-0.2, -0.15) is 8.78 Å². The number of hydrogen-bond acceptors (Lipinski definition) is 3. The van der Waals surface area contributed by atoms with Crippen LogP contribution in [0.15, 0.2) is 36.4 Å². The molecule has 1 fully saturated rings. The fourth-order valence-corrected chi connectivity index (χ4v) is 3.47. The van der Waals surface area contributed by atoms with Crippen LogP contribution in [0.4, 0.5) is 13.6 Å². The Bertz CT molecular complexity index is 873. The molecule has 0 atom stereocenters. The molecule has 25 heavy (non-hydrogen) atoms. The van der Waals surface area contributed by atoms with E-state index in [0.29, 0.717) is 29.8 Å². The Labute approximate surface area is 142 Å². The van der Waals surface area contributed by atoms with Crippen LogP contribution in [0, 0.1) is 0 Å². The summed E-state index contributed by atoms with van der Waals surface area (Å²) in [5, 5.41) is 5.44. The number of ketones is 1. The summed E-state index contributed by atoms with van der Waals surface area (Å²) < 4.78 is 30.1. The van der Waals surface area contributed by atoms with Crippen LogP contribution >= 0.6 is 0 Å². The van der Waals surface area contributed by atoms with E-state index in [1.807, 2.05) is 0 Å². The second-order valence-corrected chi connectivity index (χ2v) is 5.94. The average molecular weight is 344 g/mol. The maximum Gasteiger partial charge on any atom is 0.387 e. The molecule has 4 rings (SSSR count). The smallest absolute Gasteiger partial charge is 0.387 e. The standard InChI is InChI=1S/C18H14F2N2O3/c19-17(20)25-13-6-5-10(9-7-21-18(24)22-8-9)14-11-3-1-2-4-12(11)16(23)15(13)14/h1-6,9,17H,7-8H2,(H2,21,22,24). The third-order valence-electron chi connectivity index (χ3n) is 4.54. The number of rotatable bonds is 3. The molecule has 0 spiro atoms. The van der Waals surface area contributed by atoms with Crippen molar-refractivity contribution in [3.63, 3.8) is 0 Å². The van der Waals surface area contributed by atoms with Crippen molar-refractivity contribution in [2.45, 2.75) is 12.5 Å². The summed E-state index contributed by atoms with van der Waals surface area (Å²) in [6.07, 6.45) is 0. The van der Waals surface area contributed by atoms with Crippen molar-refractivity contribution in [2.24, 2.45) is 0 Å². The number of urea groups is 1. The molecule has 2 amide bonds. The minimum Gasteiger partial charge on any atom is -0.434 e. The molecule has 0 saturated carbocycles. The highest BCUT2D eigenvalue weighted by molar-refractivity contribution is 6.23. The lowest BCUT2D eigenvalue weighted by Crippen LogP contribution is -2.47. The van der Waals surface area contributed by atoms with Gasteiger partial charge in [0.2, 0.25) is 0 Å². The van der Waals surface area contributed by atoms with Crippen molar-refractivity contribution < 1.29 is 23.1 Å². The van der Waals surface area contributed by atoms with Gasteiger partial charge in [-0.1, -0.05) is 30.3 Å². The fourth-order valence-electron chi connectivity index (χ4n) is 3.47. The molecule has 2 aliphatic rings. The van der Waals surface area contributed by atoms with Gasteiger partial charge in [0.1, 0.15) is 5.75 Å². The fraction of sp³-hybridized carbons (Fsp3) is 0.222. The van der Waals surface area contributed by atoms with Gasteiger partial charge in [0.05, 0.1) is 5.56 Å². The van der Waals surface area contributed by atoms with Crippen LogP contribution in [0.2, 0.25) is 0 Å². The first-order chi connectivity index (χ1) is 12.1. The van der Waals surface area contributed by atoms with Crippen molar-refractivity contribution in [2.75, 3.05) is 13.1 Å². The lowest BCUT2D eigenvalue weighted by molar-refractivity contribution is -0.0500. The first-order valence-corrected chi connectivity index (χ1v) is 7.83. The van der Waals surface area contributed by atoms with Crippen LogP contribution < -0.4 is 15.4 Å². The molecule has 128 valence electrons. The van der Waals surface area contributed by atoms with E-state index in [2.05, 4.69) is 15.4 Å². The molecule has 0 radical (unpaired) electrons. The van der Waals surface area contributed by atoms with Gasteiger partial charge in [0.15, 0.2) is 5.78 Å². The number of fused-ring (bicyclic) bond motifs is 3. The Hall–Kier alpha value is -2.96. The predicted molar refractivity (Wildman–Crippen MR) is 86.1 cm³/mol. The molecule has 5 nitrogen and oxygen atoms in total. The van der Waals surface area contributed by atoms with E-state index in [4.69, 9.17) is 0 Å². The average Bonchev–Trinajstić information content (AvgIpc) is 2.90. The second kappa shape index (κ2) is 5.84. The number of nitrogens with one attached hydrogen (secondary N) is 2. The summed E-state index contributed by atoms with van der Waals surface area (Å²) in [4.78, 5) is 24.1. The maximum absolute atomic E-state index is 12.8. The van der Waals surface area contributed by atoms with Crippen molar-refractivity contribution >= 4 is 11.8 Å². The Morgan fingerprint density at radius 2 is 1.64 bits per heavy atom. The monoisotopic (exact) mass is 344 g/mol. The van der Waals surface area contributed by atoms with Gasteiger partial charge in [-0.15, -0.1) is 0 Å². The summed E-state index contributed by atoms with van der Waals surface area (Å²) in [6.45, 7) is -2.20. The molecule has 0 unspecified atom stereocenters. The Morgan fingerprint density at radius 1 is 0.960 bits per heavy atom. The van der Waals surface area contributed by atoms with Crippen LogP contribution in [0.25, 0.3) is 11.1 Å². The lowest BCUT2D eigenvalue weighted by atomic mass is 9.89. The molecule has 2 N–H and O–H groups in total. The van der Waals surface area contributed by atoms with E-state index in [1.54, 1.807) is 30.3 Å². The lowest BCUT2D eigenvalue weighted by Gasteiger charge is -2.26. The number of benzene rings is 2. The first kappa shape index (κ1) is 15.6. The van der Waals surface area contributed by atoms with Crippen molar-refractivity contribution in [1.29, 1.82) is 0 Å². The van der Waals surface area contributed by atoms with Gasteiger partial charge in [-0.3, -0.25) is 4.79 Å². The quantitative estimate of drug-likeness (QED) is 0.768. The molecular weight excluding hydrogens is 330 g/mol. The topological polar surface area (TPSA) is 67.4 Å². The number of carbonyl (C=O) groups is 2. The summed E-state index contributed by atoms with van der Waals surface area (Å²) in [5.41, 5.74) is 2.77. The largest absolute Gasteiger partial charge is 0.434 e. The minimum absolute atomic E-state index is 0.0778. The van der Waals surface area contributed by atoms with Gasteiger partial charge in [0, 0.05) is 30.1 Å². The SMILES string of the molecule is O=C1NCC(c2ccc(OC(F)F)c3c2-c2ccccc2C3=O)CN1. The van der Waals surface area contributed by atoms with Crippen LogP contribution in [-0.4, -0.2) is 31.5 Å². The van der Waals surface area contributed by atoms with Gasteiger partial charge in [0.25, 0.3) is 0 Å². The zero-order valence-electron chi connectivity index (χ0n) is 13.0. The van der Waals surface area contributed by atoms with Crippen LogP contribution in [0.1, 0.15) is 27.4 Å². The Morgan fingerprint density at radius 3 is 2.32 bits per heavy atom. The van der Waals surface area contributed by atoms with Gasteiger partial charge in [-0.05, 0) is 17.2 Å². The zero-order valence-corrected chi connectivity index (χ0v) is 13.0. The first-order valence-electron chi connectivity index (χ1n) is 7.83. The number of carbonyl (C=O) groups excluding carboxylic acids is 2. The zero-order chi connectivity index (χ0) is 17.6. The van der Waals surface area contributed by atoms with E-state index in [9.17, 15) is 18.4 Å². The molecular formula is C18H14F2N2O3. The van der Waals surface area contributed by atoms with Gasteiger partial charge >= 0.3 is 12.6 Å². The van der Waals surface area contributed by atoms with Crippen LogP contribution in [-0.2, 0) is 0 Å². The summed E-state index contributed by atoms with van der Waals surface area (Å²) in [7, 11) is 0. The molecule has 1 aliphatic heterocycles. The number of hydrogen-bond donors (Lipinski definition) is 2. The second-order valence-electron chi connectivity index (χ2n) is 5.94. The predicted octanol–water partition coefficient (Wildman–Crippen LogP) is 2.90. The molecule has 1 aliphatic carbocycles. The van der Waals surface area contributed by atoms with Gasteiger partial charge < -0.3 is 15.4 Å². The molecule has 0 aromatic heterocycles. The summed E-state index contributed by atoms with van der Waals surface area (Å²) >= 11 is 0. The van der Waals surface area contributed by atoms with Crippen LogP contribution in [0.5, 0.6) is 5.75 Å². The van der Waals surface area contributed by atoms with E-state index < -0.39 is 6.61 Å². The van der Waals surface area contributed by atoms with Crippen LogP contribution in [0.3, 0.4) is 0 Å². The van der Waals surface area contributed by atoms with E-state index >= 15 is 0 Å². The molecule has 0 bridgehead atoms. The third kappa shape index (κ3) is 2.52. The number of halogens is 2. The number of ether oxygens (including phenoxy) is 1. The highest BCUT2D eigenvalue weighted by Gasteiger charge is 2.35. The highest BCUT2D eigenvalue weighted by atomic mass is 19.3. The normalized spacial score (nSPS) is 16.3. The molecule has 1 heterocycles. The number of alkyl halides is 2. The van der Waals surface area contributed by atoms with E-state index in [0.717, 1.165) is 5.56 Å². The summed E-state index contributed by atoms with van der Waals surface area (Å²) in [5.74, 6) is -0.523. The number of amides is 2. The van der Waals surface area contributed by atoms with Crippen molar-refractivity contribution in [1.82, 2.24) is 10.6 Å². The molecule has 2 aromatic carbocycles. The maximum atomic E-state index is 12.8. The Kier molecular flexibility index (Phi) is 3.63. The van der Waals surface area contributed by atoms with E-state index in [-0.39, 0.29) is 29.0 Å². The molecule has 7 heteroatoms. The molecule has 1 saturated heterocycles. The Balaban J connectivity index is 1.88. The third-order valence-corrected chi connectivity index (χ3v) is 4.54. The molecule has 2 aromatic rings. The van der Waals surface area contributed by atoms with Gasteiger partial charge in [-0.25, -0.2) is 4.79 Å². The van der Waals surface area contributed by atoms with E-state index in [1.165, 1.54) is 6.07 Å². The summed E-state index contributed by atoms with van der Waals surface area (Å²) in [6, 6.07) is 9.85. The minimum atomic E-state index is -3.01. The highest BCUT2D eigenvalue weighted by Crippen LogP contribution is 2.45. The van der Waals surface area contributed by atoms with Crippen molar-refractivity contribution in [3.05, 3.63) is 53.1 Å².